The quantitative estimate of drug-likeness (QED) is 0.767. The van der Waals surface area contributed by atoms with Crippen LogP contribution in [0.4, 0.5) is 5.82 Å². The summed E-state index contributed by atoms with van der Waals surface area (Å²) in [6.07, 6.45) is 5.37. The van der Waals surface area contributed by atoms with Crippen LogP contribution < -0.4 is 10.5 Å². The molecule has 1 saturated carbocycles. The molecule has 27 heavy (non-hydrogen) atoms. The molecule has 2 aliphatic rings. The molecule has 2 fully saturated rings. The van der Waals surface area contributed by atoms with Crippen molar-refractivity contribution in [3.05, 3.63) is 48.4 Å². The molecule has 1 aliphatic heterocycles. The second kappa shape index (κ2) is 6.51. The molecule has 5 rings (SSSR count). The van der Waals surface area contributed by atoms with E-state index < -0.39 is 0 Å². The molecule has 7 nitrogen and oxygen atoms in total. The van der Waals surface area contributed by atoms with Gasteiger partial charge in [-0.2, -0.15) is 0 Å². The second-order valence-corrected chi connectivity index (χ2v) is 7.22. The number of rotatable bonds is 3. The van der Waals surface area contributed by atoms with Crippen molar-refractivity contribution in [3.63, 3.8) is 0 Å². The Bertz CT molecular complexity index is 956. The van der Waals surface area contributed by atoms with Gasteiger partial charge in [0.25, 0.3) is 0 Å². The number of nitrogens with zero attached hydrogens (tertiary/aromatic N) is 3. The molecule has 3 heterocycles. The number of hydrogen-bond acceptors (Lipinski definition) is 6. The lowest BCUT2D eigenvalue weighted by molar-refractivity contribution is -0.233. The van der Waals surface area contributed by atoms with Crippen LogP contribution in [0.2, 0.25) is 0 Å². The number of methoxy groups -OCH3 is 1. The fraction of sp³-hybridized carbons (Fsp3) is 0.400. The van der Waals surface area contributed by atoms with Crippen LogP contribution in [0, 0.1) is 5.92 Å². The Morgan fingerprint density at radius 1 is 1.15 bits per heavy atom. The lowest BCUT2D eigenvalue weighted by atomic mass is 10.1. The van der Waals surface area contributed by atoms with Crippen molar-refractivity contribution in [3.8, 4) is 5.75 Å². The molecule has 1 unspecified atom stereocenters. The minimum Gasteiger partial charge on any atom is -0.497 e. The van der Waals surface area contributed by atoms with Gasteiger partial charge in [0.2, 0.25) is 0 Å². The van der Waals surface area contributed by atoms with Gasteiger partial charge in [-0.15, -0.1) is 0 Å². The van der Waals surface area contributed by atoms with Gasteiger partial charge in [0.1, 0.15) is 23.5 Å². The molecule has 0 radical (unpaired) electrons. The van der Waals surface area contributed by atoms with E-state index >= 15 is 0 Å². The van der Waals surface area contributed by atoms with E-state index in [1.165, 1.54) is 6.33 Å². The van der Waals surface area contributed by atoms with Crippen LogP contribution in [0.5, 0.6) is 5.75 Å². The van der Waals surface area contributed by atoms with Crippen LogP contribution >= 0.6 is 0 Å². The zero-order valence-electron chi connectivity index (χ0n) is 15.1. The van der Waals surface area contributed by atoms with E-state index in [4.69, 9.17) is 19.9 Å². The highest BCUT2D eigenvalue weighted by Crippen LogP contribution is 2.44. The first-order chi connectivity index (χ1) is 13.2. The van der Waals surface area contributed by atoms with Gasteiger partial charge in [-0.25, -0.2) is 9.97 Å². The molecule has 4 atom stereocenters. The summed E-state index contributed by atoms with van der Waals surface area (Å²) in [5, 5.41) is 0.903. The van der Waals surface area contributed by atoms with Crippen LogP contribution in [0.3, 0.4) is 0 Å². The monoisotopic (exact) mass is 366 g/mol. The molecule has 2 aromatic heterocycles. The Labute approximate surface area is 157 Å². The number of hydrogen-bond donors (Lipinski definition) is 1. The molecule has 140 valence electrons. The molecule has 7 heteroatoms. The van der Waals surface area contributed by atoms with Gasteiger partial charge in [0.15, 0.2) is 6.29 Å². The third kappa shape index (κ3) is 2.83. The van der Waals surface area contributed by atoms with Crippen LogP contribution in [0.1, 0.15) is 30.7 Å². The number of benzene rings is 1. The van der Waals surface area contributed by atoms with Crippen LogP contribution in [-0.2, 0) is 9.47 Å². The van der Waals surface area contributed by atoms with Crippen LogP contribution in [0.15, 0.2) is 42.9 Å². The maximum absolute atomic E-state index is 6.30. The average Bonchev–Trinajstić information content (AvgIpc) is 3.32. The fourth-order valence-corrected chi connectivity index (χ4v) is 4.26. The Hall–Kier alpha value is -2.64. The first kappa shape index (κ1) is 16.5. The molecule has 0 spiro atoms. The molecular formula is C20H22N4O3. The van der Waals surface area contributed by atoms with Gasteiger partial charge < -0.3 is 24.5 Å². The molecular weight excluding hydrogens is 344 g/mol. The van der Waals surface area contributed by atoms with E-state index in [1.807, 2.05) is 30.3 Å². The second-order valence-electron chi connectivity index (χ2n) is 7.22. The summed E-state index contributed by atoms with van der Waals surface area (Å²) in [5.74, 6) is 1.74. The smallest absolute Gasteiger partial charge is 0.184 e. The van der Waals surface area contributed by atoms with Gasteiger partial charge in [0, 0.05) is 23.7 Å². The SMILES string of the molecule is COc1ccc(C2OC[C@@H]3C[C@@H](n4ccc5c(N)ncnc54)C[C@@H]3O2)cc1. The number of anilines is 1. The van der Waals surface area contributed by atoms with E-state index in [9.17, 15) is 0 Å². The highest BCUT2D eigenvalue weighted by molar-refractivity contribution is 5.86. The van der Waals surface area contributed by atoms with E-state index in [1.54, 1.807) is 7.11 Å². The maximum atomic E-state index is 6.30. The predicted molar refractivity (Wildman–Crippen MR) is 100 cm³/mol. The van der Waals surface area contributed by atoms with Crippen molar-refractivity contribution in [2.45, 2.75) is 31.3 Å². The number of nitrogens with two attached hydrogens (primary N) is 1. The lowest BCUT2D eigenvalue weighted by Crippen LogP contribution is -2.32. The van der Waals surface area contributed by atoms with Crippen molar-refractivity contribution in [1.82, 2.24) is 14.5 Å². The highest BCUT2D eigenvalue weighted by Gasteiger charge is 2.41. The summed E-state index contributed by atoms with van der Waals surface area (Å²) in [6.45, 7) is 0.703. The van der Waals surface area contributed by atoms with E-state index in [2.05, 4.69) is 20.7 Å². The molecule has 0 bridgehead atoms. The Kier molecular flexibility index (Phi) is 3.98. The predicted octanol–water partition coefficient (Wildman–Crippen LogP) is 3.09. The average molecular weight is 366 g/mol. The van der Waals surface area contributed by atoms with Crippen molar-refractivity contribution in [2.75, 3.05) is 19.5 Å². The summed E-state index contributed by atoms with van der Waals surface area (Å²) in [7, 11) is 1.66. The summed E-state index contributed by atoms with van der Waals surface area (Å²) in [5.41, 5.74) is 7.88. The minimum absolute atomic E-state index is 0.174. The molecule has 3 aromatic rings. The zero-order chi connectivity index (χ0) is 18.4. The standard InChI is InChI=1S/C20H22N4O3/c1-25-15-4-2-12(3-5-15)20-26-10-13-8-14(9-17(13)27-20)24-7-6-16-18(21)22-11-23-19(16)24/h2-7,11,13-14,17,20H,8-10H2,1H3,(H2,21,22,23)/t13-,14+,17-,20?/m0/s1. The third-order valence-corrected chi connectivity index (χ3v) is 5.69. The first-order valence-corrected chi connectivity index (χ1v) is 9.21. The van der Waals surface area contributed by atoms with Gasteiger partial charge >= 0.3 is 0 Å². The summed E-state index contributed by atoms with van der Waals surface area (Å²) < 4.78 is 19.7. The fourth-order valence-electron chi connectivity index (χ4n) is 4.26. The number of fused-ring (bicyclic) bond motifs is 2. The van der Waals surface area contributed by atoms with Gasteiger partial charge in [-0.1, -0.05) is 12.1 Å². The van der Waals surface area contributed by atoms with Gasteiger partial charge in [-0.05, 0) is 31.0 Å². The first-order valence-electron chi connectivity index (χ1n) is 9.21. The summed E-state index contributed by atoms with van der Waals surface area (Å²) in [4.78, 5) is 8.51. The van der Waals surface area contributed by atoms with Crippen molar-refractivity contribution in [2.24, 2.45) is 5.92 Å². The topological polar surface area (TPSA) is 84.4 Å². The molecule has 1 aliphatic carbocycles. The van der Waals surface area contributed by atoms with Crippen LogP contribution in [0.25, 0.3) is 11.0 Å². The normalized spacial score (nSPS) is 27.6. The van der Waals surface area contributed by atoms with Crippen molar-refractivity contribution in [1.29, 1.82) is 0 Å². The highest BCUT2D eigenvalue weighted by atomic mass is 16.7. The number of nitrogen functional groups attached to an aromatic ring is 1. The largest absolute Gasteiger partial charge is 0.497 e. The number of aromatic nitrogens is 3. The van der Waals surface area contributed by atoms with E-state index in [0.29, 0.717) is 24.4 Å². The van der Waals surface area contributed by atoms with Crippen molar-refractivity contribution < 1.29 is 14.2 Å². The Morgan fingerprint density at radius 3 is 2.81 bits per heavy atom. The van der Waals surface area contributed by atoms with Gasteiger partial charge in [0.05, 0.1) is 25.2 Å². The molecule has 0 amide bonds. The molecule has 1 aromatic carbocycles. The number of ether oxygens (including phenoxy) is 3. The maximum Gasteiger partial charge on any atom is 0.184 e. The van der Waals surface area contributed by atoms with E-state index in [0.717, 1.165) is 35.2 Å². The zero-order valence-corrected chi connectivity index (χ0v) is 15.1. The van der Waals surface area contributed by atoms with Crippen molar-refractivity contribution >= 4 is 16.9 Å². The Balaban J connectivity index is 1.34. The van der Waals surface area contributed by atoms with Crippen LogP contribution in [-0.4, -0.2) is 34.4 Å². The minimum atomic E-state index is -0.324. The van der Waals surface area contributed by atoms with Gasteiger partial charge in [-0.3, -0.25) is 0 Å². The third-order valence-electron chi connectivity index (χ3n) is 5.69. The molecule has 2 N–H and O–H groups in total. The lowest BCUT2D eigenvalue weighted by Gasteiger charge is -2.32. The Morgan fingerprint density at radius 2 is 2.00 bits per heavy atom. The summed E-state index contributed by atoms with van der Waals surface area (Å²) in [6, 6.07) is 10.2. The molecule has 1 saturated heterocycles. The van der Waals surface area contributed by atoms with E-state index in [-0.39, 0.29) is 12.4 Å². The summed E-state index contributed by atoms with van der Waals surface area (Å²) >= 11 is 0.